The Morgan fingerprint density at radius 1 is 1.12 bits per heavy atom. The average Bonchev–Trinajstić information content (AvgIpc) is 2.99. The molecule has 0 saturated heterocycles. The van der Waals surface area contributed by atoms with E-state index in [4.69, 9.17) is 0 Å². The Labute approximate surface area is 141 Å². The van der Waals surface area contributed by atoms with Crippen LogP contribution in [0.5, 0.6) is 0 Å². The normalized spacial score (nSPS) is 10.8. The summed E-state index contributed by atoms with van der Waals surface area (Å²) in [6.45, 7) is 6.25. The first kappa shape index (κ1) is 16.0. The number of benzene rings is 1. The third kappa shape index (κ3) is 3.08. The van der Waals surface area contributed by atoms with E-state index < -0.39 is 0 Å². The summed E-state index contributed by atoms with van der Waals surface area (Å²) in [5, 5.41) is 11.8. The molecule has 6 heteroatoms. The van der Waals surface area contributed by atoms with Crippen molar-refractivity contribution in [3.05, 3.63) is 64.6 Å². The van der Waals surface area contributed by atoms with Gasteiger partial charge in [-0.25, -0.2) is 4.68 Å². The standard InChI is InChI=1S/C18H21N5O/c1-12-10-16(23(20-12)11-15-8-6-5-7-9-15)19-18(24)17-13(2)21-22(4)14(17)3/h5-10H,11H2,1-4H3,(H,19,24). The lowest BCUT2D eigenvalue weighted by Gasteiger charge is -2.09. The first-order valence-corrected chi connectivity index (χ1v) is 7.85. The number of hydrogen-bond acceptors (Lipinski definition) is 3. The van der Waals surface area contributed by atoms with Crippen molar-refractivity contribution in [3.63, 3.8) is 0 Å². The second-order valence-corrected chi connectivity index (χ2v) is 5.94. The Balaban J connectivity index is 1.86. The molecule has 0 radical (unpaired) electrons. The average molecular weight is 323 g/mol. The minimum Gasteiger partial charge on any atom is -0.307 e. The van der Waals surface area contributed by atoms with Crippen LogP contribution in [0.1, 0.15) is 33.0 Å². The first-order chi connectivity index (χ1) is 11.5. The van der Waals surface area contributed by atoms with Gasteiger partial charge in [-0.1, -0.05) is 30.3 Å². The molecule has 0 saturated carbocycles. The summed E-state index contributed by atoms with van der Waals surface area (Å²) < 4.78 is 3.53. The molecule has 124 valence electrons. The summed E-state index contributed by atoms with van der Waals surface area (Å²) in [7, 11) is 1.84. The minimum atomic E-state index is -0.160. The smallest absolute Gasteiger partial charge is 0.260 e. The number of rotatable bonds is 4. The molecular weight excluding hydrogens is 302 g/mol. The second kappa shape index (κ2) is 6.31. The van der Waals surface area contributed by atoms with Crippen LogP contribution in [0.15, 0.2) is 36.4 Å². The summed E-state index contributed by atoms with van der Waals surface area (Å²) in [5.74, 6) is 0.524. The van der Waals surface area contributed by atoms with E-state index in [0.29, 0.717) is 17.9 Å². The molecular formula is C18H21N5O. The highest BCUT2D eigenvalue weighted by Gasteiger charge is 2.19. The number of amides is 1. The molecule has 0 bridgehead atoms. The molecule has 0 atom stereocenters. The highest BCUT2D eigenvalue weighted by atomic mass is 16.1. The maximum atomic E-state index is 12.7. The molecule has 2 heterocycles. The van der Waals surface area contributed by atoms with Crippen LogP contribution in [0.2, 0.25) is 0 Å². The molecule has 2 aromatic heterocycles. The molecule has 1 aromatic carbocycles. The lowest BCUT2D eigenvalue weighted by molar-refractivity contribution is 0.102. The molecule has 0 aliphatic carbocycles. The van der Waals surface area contributed by atoms with Gasteiger partial charge < -0.3 is 5.32 Å². The number of anilines is 1. The summed E-state index contributed by atoms with van der Waals surface area (Å²) >= 11 is 0. The molecule has 24 heavy (non-hydrogen) atoms. The van der Waals surface area contributed by atoms with Crippen molar-refractivity contribution in [2.45, 2.75) is 27.3 Å². The van der Waals surface area contributed by atoms with Gasteiger partial charge in [0.05, 0.1) is 23.5 Å². The zero-order valence-electron chi connectivity index (χ0n) is 14.4. The van der Waals surface area contributed by atoms with E-state index in [-0.39, 0.29) is 5.91 Å². The molecule has 1 amide bonds. The van der Waals surface area contributed by atoms with Crippen LogP contribution in [0.3, 0.4) is 0 Å². The van der Waals surface area contributed by atoms with Gasteiger partial charge in [-0.05, 0) is 26.3 Å². The Hall–Kier alpha value is -2.89. The summed E-state index contributed by atoms with van der Waals surface area (Å²) in [6.07, 6.45) is 0. The zero-order chi connectivity index (χ0) is 17.3. The third-order valence-electron chi connectivity index (χ3n) is 4.05. The molecule has 0 unspecified atom stereocenters. The van der Waals surface area contributed by atoms with E-state index in [2.05, 4.69) is 15.5 Å². The molecule has 0 aliphatic heterocycles. The van der Waals surface area contributed by atoms with Crippen molar-refractivity contribution >= 4 is 11.7 Å². The molecule has 6 nitrogen and oxygen atoms in total. The molecule has 0 fully saturated rings. The fourth-order valence-electron chi connectivity index (χ4n) is 2.80. The number of carbonyl (C=O) groups is 1. The van der Waals surface area contributed by atoms with Crippen molar-refractivity contribution in [2.24, 2.45) is 7.05 Å². The number of nitrogens with one attached hydrogen (secondary N) is 1. The predicted octanol–water partition coefficient (Wildman–Crippen LogP) is 2.84. The summed E-state index contributed by atoms with van der Waals surface area (Å²) in [4.78, 5) is 12.7. The Kier molecular flexibility index (Phi) is 4.20. The van der Waals surface area contributed by atoms with E-state index in [0.717, 1.165) is 22.6 Å². The largest absolute Gasteiger partial charge is 0.307 e. The summed E-state index contributed by atoms with van der Waals surface area (Å²) in [5.41, 5.74) is 4.17. The van der Waals surface area contributed by atoms with Crippen LogP contribution < -0.4 is 5.32 Å². The van der Waals surface area contributed by atoms with Gasteiger partial charge in [-0.15, -0.1) is 0 Å². The fourth-order valence-corrected chi connectivity index (χ4v) is 2.80. The maximum Gasteiger partial charge on any atom is 0.260 e. The van der Waals surface area contributed by atoms with Crippen LogP contribution in [0, 0.1) is 20.8 Å². The van der Waals surface area contributed by atoms with Crippen molar-refractivity contribution in [3.8, 4) is 0 Å². The number of hydrogen-bond donors (Lipinski definition) is 1. The van der Waals surface area contributed by atoms with Gasteiger partial charge in [0, 0.05) is 18.8 Å². The number of nitrogens with zero attached hydrogens (tertiary/aromatic N) is 4. The van der Waals surface area contributed by atoms with Crippen LogP contribution in [0.4, 0.5) is 5.82 Å². The topological polar surface area (TPSA) is 64.7 Å². The van der Waals surface area contributed by atoms with E-state index in [1.807, 2.05) is 68.9 Å². The maximum absolute atomic E-state index is 12.7. The minimum absolute atomic E-state index is 0.160. The van der Waals surface area contributed by atoms with E-state index in [1.54, 1.807) is 4.68 Å². The van der Waals surface area contributed by atoms with Crippen LogP contribution in [0.25, 0.3) is 0 Å². The second-order valence-electron chi connectivity index (χ2n) is 5.94. The Morgan fingerprint density at radius 3 is 2.46 bits per heavy atom. The first-order valence-electron chi connectivity index (χ1n) is 7.85. The van der Waals surface area contributed by atoms with Gasteiger partial charge >= 0.3 is 0 Å². The van der Waals surface area contributed by atoms with Gasteiger partial charge in [0.25, 0.3) is 5.91 Å². The fraction of sp³-hybridized carbons (Fsp3) is 0.278. The van der Waals surface area contributed by atoms with Gasteiger partial charge in [0.1, 0.15) is 5.82 Å². The monoisotopic (exact) mass is 323 g/mol. The highest BCUT2D eigenvalue weighted by molar-refractivity contribution is 6.05. The molecule has 0 aliphatic rings. The Morgan fingerprint density at radius 2 is 1.83 bits per heavy atom. The van der Waals surface area contributed by atoms with Crippen molar-refractivity contribution in [2.75, 3.05) is 5.32 Å². The van der Waals surface area contributed by atoms with E-state index in [1.165, 1.54) is 0 Å². The lowest BCUT2D eigenvalue weighted by Crippen LogP contribution is -2.17. The highest BCUT2D eigenvalue weighted by Crippen LogP contribution is 2.17. The predicted molar refractivity (Wildman–Crippen MR) is 93.1 cm³/mol. The van der Waals surface area contributed by atoms with Crippen molar-refractivity contribution in [1.82, 2.24) is 19.6 Å². The third-order valence-corrected chi connectivity index (χ3v) is 4.05. The Bertz CT molecular complexity index is 876. The van der Waals surface area contributed by atoms with E-state index in [9.17, 15) is 4.79 Å². The van der Waals surface area contributed by atoms with Crippen molar-refractivity contribution in [1.29, 1.82) is 0 Å². The lowest BCUT2D eigenvalue weighted by atomic mass is 10.2. The van der Waals surface area contributed by atoms with Crippen LogP contribution >= 0.6 is 0 Å². The van der Waals surface area contributed by atoms with Gasteiger partial charge in [0.2, 0.25) is 0 Å². The molecule has 1 N–H and O–H groups in total. The van der Waals surface area contributed by atoms with Gasteiger partial charge in [-0.3, -0.25) is 9.48 Å². The zero-order valence-corrected chi connectivity index (χ0v) is 14.4. The summed E-state index contributed by atoms with van der Waals surface area (Å²) in [6, 6.07) is 11.9. The van der Waals surface area contributed by atoms with Gasteiger partial charge in [-0.2, -0.15) is 10.2 Å². The number of aryl methyl sites for hydroxylation is 3. The van der Waals surface area contributed by atoms with Crippen LogP contribution in [-0.2, 0) is 13.6 Å². The number of aromatic nitrogens is 4. The molecule has 3 rings (SSSR count). The van der Waals surface area contributed by atoms with E-state index >= 15 is 0 Å². The van der Waals surface area contributed by atoms with Crippen molar-refractivity contribution < 1.29 is 4.79 Å². The van der Waals surface area contributed by atoms with Gasteiger partial charge in [0.15, 0.2) is 0 Å². The molecule has 0 spiro atoms. The molecule has 3 aromatic rings. The van der Waals surface area contributed by atoms with Crippen LogP contribution in [-0.4, -0.2) is 25.5 Å². The number of carbonyl (C=O) groups excluding carboxylic acids is 1. The quantitative estimate of drug-likeness (QED) is 0.803. The SMILES string of the molecule is Cc1cc(NC(=O)c2c(C)nn(C)c2C)n(Cc2ccccc2)n1.